The summed E-state index contributed by atoms with van der Waals surface area (Å²) in [5.41, 5.74) is 0.587. The van der Waals surface area contributed by atoms with Crippen LogP contribution in [-0.4, -0.2) is 23.4 Å². The molecule has 3 unspecified atom stereocenters. The minimum Gasteiger partial charge on any atom is -0.335 e. The molecule has 4 heteroatoms. The molecule has 2 rings (SSSR count). The van der Waals surface area contributed by atoms with Gasteiger partial charge in [0.05, 0.1) is 10.6 Å². The summed E-state index contributed by atoms with van der Waals surface area (Å²) in [6, 6.07) is 5.69. The summed E-state index contributed by atoms with van der Waals surface area (Å²) in [7, 11) is 0. The number of carbonyl (C=O) groups is 1. The number of hydrogen-bond donors (Lipinski definition) is 0. The fourth-order valence-electron chi connectivity index (χ4n) is 2.80. The summed E-state index contributed by atoms with van der Waals surface area (Å²) >= 11 is 9.56. The third kappa shape index (κ3) is 3.14. The Balaban J connectivity index is 2.30. The van der Waals surface area contributed by atoms with Gasteiger partial charge in [0.25, 0.3) is 5.91 Å². The zero-order chi connectivity index (χ0) is 14.2. The summed E-state index contributed by atoms with van der Waals surface area (Å²) in [4.78, 5) is 14.7. The first-order chi connectivity index (χ1) is 8.90. The molecule has 1 aromatic carbocycles. The van der Waals surface area contributed by atoms with E-state index in [2.05, 4.69) is 36.7 Å². The molecular formula is C15H19BrClNO. The Labute approximate surface area is 128 Å². The molecule has 1 fully saturated rings. The molecule has 0 bridgehead atoms. The van der Waals surface area contributed by atoms with Crippen LogP contribution in [0, 0.1) is 11.8 Å². The van der Waals surface area contributed by atoms with Gasteiger partial charge in [-0.25, -0.2) is 0 Å². The second-order valence-electron chi connectivity index (χ2n) is 5.64. The first-order valence-corrected chi connectivity index (χ1v) is 7.83. The lowest BCUT2D eigenvalue weighted by atomic mass is 9.85. The van der Waals surface area contributed by atoms with Gasteiger partial charge in [0.15, 0.2) is 0 Å². The first-order valence-electron chi connectivity index (χ1n) is 6.66. The molecule has 1 aliphatic heterocycles. The molecule has 0 aliphatic carbocycles. The SMILES string of the molecule is CC1CC(C)C(C)N(C(=O)c2cc(Br)ccc2Cl)C1. The second kappa shape index (κ2) is 5.84. The number of piperidine rings is 1. The highest BCUT2D eigenvalue weighted by atomic mass is 79.9. The molecule has 1 heterocycles. The lowest BCUT2D eigenvalue weighted by Crippen LogP contribution is -2.48. The smallest absolute Gasteiger partial charge is 0.255 e. The maximum atomic E-state index is 12.7. The predicted octanol–water partition coefficient (Wildman–Crippen LogP) is 4.61. The van der Waals surface area contributed by atoms with Gasteiger partial charge in [-0.05, 0) is 43.4 Å². The quantitative estimate of drug-likeness (QED) is 0.728. The van der Waals surface area contributed by atoms with Gasteiger partial charge in [-0.1, -0.05) is 41.4 Å². The molecule has 104 valence electrons. The third-order valence-electron chi connectivity index (χ3n) is 4.02. The van der Waals surface area contributed by atoms with Crippen molar-refractivity contribution < 1.29 is 4.79 Å². The largest absolute Gasteiger partial charge is 0.335 e. The van der Waals surface area contributed by atoms with Crippen LogP contribution in [0.3, 0.4) is 0 Å². The maximum Gasteiger partial charge on any atom is 0.255 e. The Hall–Kier alpha value is -0.540. The highest BCUT2D eigenvalue weighted by Gasteiger charge is 2.33. The normalized spacial score (nSPS) is 27.4. The zero-order valence-corrected chi connectivity index (χ0v) is 13.8. The van der Waals surface area contributed by atoms with Gasteiger partial charge >= 0.3 is 0 Å². The Morgan fingerprint density at radius 3 is 2.74 bits per heavy atom. The molecule has 1 amide bonds. The van der Waals surface area contributed by atoms with E-state index >= 15 is 0 Å². The number of hydrogen-bond acceptors (Lipinski definition) is 1. The molecule has 19 heavy (non-hydrogen) atoms. The van der Waals surface area contributed by atoms with E-state index in [1.807, 2.05) is 11.0 Å². The van der Waals surface area contributed by atoms with Crippen molar-refractivity contribution >= 4 is 33.4 Å². The van der Waals surface area contributed by atoms with Crippen molar-refractivity contribution in [3.05, 3.63) is 33.3 Å². The van der Waals surface area contributed by atoms with Crippen LogP contribution in [0.5, 0.6) is 0 Å². The Morgan fingerprint density at radius 1 is 1.37 bits per heavy atom. The van der Waals surface area contributed by atoms with Crippen LogP contribution in [-0.2, 0) is 0 Å². The number of carbonyl (C=O) groups excluding carboxylic acids is 1. The molecule has 0 N–H and O–H groups in total. The highest BCUT2D eigenvalue weighted by molar-refractivity contribution is 9.10. The molecule has 0 spiro atoms. The summed E-state index contributed by atoms with van der Waals surface area (Å²) < 4.78 is 0.881. The van der Waals surface area contributed by atoms with E-state index in [9.17, 15) is 4.79 Å². The molecule has 0 saturated carbocycles. The van der Waals surface area contributed by atoms with Gasteiger partial charge in [-0.3, -0.25) is 4.79 Å². The van der Waals surface area contributed by atoms with Crippen molar-refractivity contribution in [1.82, 2.24) is 4.90 Å². The number of amides is 1. The average molecular weight is 345 g/mol. The van der Waals surface area contributed by atoms with E-state index in [-0.39, 0.29) is 11.9 Å². The Kier molecular flexibility index (Phi) is 4.57. The average Bonchev–Trinajstić information content (AvgIpc) is 2.36. The molecule has 0 aromatic heterocycles. The summed E-state index contributed by atoms with van der Waals surface area (Å²) in [5.74, 6) is 1.11. The van der Waals surface area contributed by atoms with E-state index in [1.54, 1.807) is 12.1 Å². The van der Waals surface area contributed by atoms with Crippen LogP contribution in [0.2, 0.25) is 5.02 Å². The molecule has 1 saturated heterocycles. The van der Waals surface area contributed by atoms with Crippen LogP contribution >= 0.6 is 27.5 Å². The fraction of sp³-hybridized carbons (Fsp3) is 0.533. The Bertz CT molecular complexity index is 491. The molecule has 2 nitrogen and oxygen atoms in total. The van der Waals surface area contributed by atoms with Gasteiger partial charge < -0.3 is 4.90 Å². The van der Waals surface area contributed by atoms with Crippen molar-refractivity contribution in [2.45, 2.75) is 33.2 Å². The van der Waals surface area contributed by atoms with E-state index in [0.29, 0.717) is 22.4 Å². The van der Waals surface area contributed by atoms with Crippen LogP contribution in [0.15, 0.2) is 22.7 Å². The van der Waals surface area contributed by atoms with E-state index in [0.717, 1.165) is 11.0 Å². The molecule has 0 radical (unpaired) electrons. The minimum absolute atomic E-state index is 0.0391. The maximum absolute atomic E-state index is 12.7. The number of likely N-dealkylation sites (tertiary alicyclic amines) is 1. The summed E-state index contributed by atoms with van der Waals surface area (Å²) in [6.07, 6.45) is 1.18. The van der Waals surface area contributed by atoms with Crippen LogP contribution < -0.4 is 0 Å². The number of benzene rings is 1. The van der Waals surface area contributed by atoms with Gasteiger partial charge in [0.1, 0.15) is 0 Å². The molecule has 1 aliphatic rings. The van der Waals surface area contributed by atoms with Crippen LogP contribution in [0.4, 0.5) is 0 Å². The number of rotatable bonds is 1. The lowest BCUT2D eigenvalue weighted by molar-refractivity contribution is 0.0456. The fourth-order valence-corrected chi connectivity index (χ4v) is 3.36. The van der Waals surface area contributed by atoms with Crippen molar-refractivity contribution in [2.75, 3.05) is 6.54 Å². The zero-order valence-electron chi connectivity index (χ0n) is 11.5. The van der Waals surface area contributed by atoms with Crippen LogP contribution in [0.25, 0.3) is 0 Å². The molecule has 1 aromatic rings. The van der Waals surface area contributed by atoms with Gasteiger partial charge in [-0.15, -0.1) is 0 Å². The van der Waals surface area contributed by atoms with E-state index in [4.69, 9.17) is 11.6 Å². The van der Waals surface area contributed by atoms with Crippen molar-refractivity contribution in [1.29, 1.82) is 0 Å². The van der Waals surface area contributed by atoms with E-state index in [1.165, 1.54) is 6.42 Å². The Morgan fingerprint density at radius 2 is 2.05 bits per heavy atom. The predicted molar refractivity (Wildman–Crippen MR) is 82.6 cm³/mol. The van der Waals surface area contributed by atoms with Crippen molar-refractivity contribution in [3.63, 3.8) is 0 Å². The van der Waals surface area contributed by atoms with Gasteiger partial charge in [0.2, 0.25) is 0 Å². The van der Waals surface area contributed by atoms with Gasteiger partial charge in [0, 0.05) is 17.1 Å². The topological polar surface area (TPSA) is 20.3 Å². The molecule has 3 atom stereocenters. The standard InChI is InChI=1S/C15H19BrClNO/c1-9-6-10(2)11(3)18(8-9)15(19)13-7-12(16)4-5-14(13)17/h4-5,7,9-11H,6,8H2,1-3H3. The number of nitrogens with zero attached hydrogens (tertiary/aromatic N) is 1. The monoisotopic (exact) mass is 343 g/mol. The summed E-state index contributed by atoms with van der Waals surface area (Å²) in [6.45, 7) is 7.35. The van der Waals surface area contributed by atoms with E-state index < -0.39 is 0 Å². The second-order valence-corrected chi connectivity index (χ2v) is 6.96. The summed E-state index contributed by atoms with van der Waals surface area (Å²) in [5, 5.41) is 0.520. The minimum atomic E-state index is 0.0391. The molecular weight excluding hydrogens is 326 g/mol. The van der Waals surface area contributed by atoms with Crippen LogP contribution in [0.1, 0.15) is 37.6 Å². The van der Waals surface area contributed by atoms with Crippen molar-refractivity contribution in [2.24, 2.45) is 11.8 Å². The van der Waals surface area contributed by atoms with Crippen molar-refractivity contribution in [3.8, 4) is 0 Å². The van der Waals surface area contributed by atoms with Gasteiger partial charge in [-0.2, -0.15) is 0 Å². The third-order valence-corrected chi connectivity index (χ3v) is 4.84. The highest BCUT2D eigenvalue weighted by Crippen LogP contribution is 2.30. The lowest BCUT2D eigenvalue weighted by Gasteiger charge is -2.41. The first kappa shape index (κ1) is 14.9. The number of halogens is 2.